The molecule has 10 heteroatoms. The van der Waals surface area contributed by atoms with Gasteiger partial charge in [0.2, 0.25) is 21.8 Å². The van der Waals surface area contributed by atoms with E-state index in [1.165, 1.54) is 4.31 Å². The standard InChI is InChI=1S/C31H38ClN3O5S/c1-23(2)33-31(37)29(21-24-10-6-5-7-11-24)34(22-25-12-8-13-28(20-25)40-3)30(36)14-9-19-35(41(4,38)39)27-17-15-26(32)16-18-27/h5-8,10-13,15-18,20,23,29H,9,14,19,21-22H2,1-4H3,(H,33,37)/t29-/m1/s1. The number of anilines is 1. The average Bonchev–Trinajstić information content (AvgIpc) is 2.93. The predicted octanol–water partition coefficient (Wildman–Crippen LogP) is 5.06. The van der Waals surface area contributed by atoms with E-state index in [1.54, 1.807) is 36.3 Å². The Hall–Kier alpha value is -3.56. The highest BCUT2D eigenvalue weighted by Crippen LogP contribution is 2.23. The second kappa shape index (κ2) is 14.9. The maximum absolute atomic E-state index is 13.9. The fourth-order valence-corrected chi connectivity index (χ4v) is 5.60. The predicted molar refractivity (Wildman–Crippen MR) is 164 cm³/mol. The summed E-state index contributed by atoms with van der Waals surface area (Å²) in [6, 6.07) is 22.6. The lowest BCUT2D eigenvalue weighted by Gasteiger charge is -2.32. The van der Waals surface area contributed by atoms with Gasteiger partial charge >= 0.3 is 0 Å². The number of sulfonamides is 1. The lowest BCUT2D eigenvalue weighted by atomic mass is 10.0. The van der Waals surface area contributed by atoms with Gasteiger partial charge in [-0.2, -0.15) is 0 Å². The van der Waals surface area contributed by atoms with Crippen molar-refractivity contribution < 1.29 is 22.7 Å². The van der Waals surface area contributed by atoms with Crippen LogP contribution in [-0.4, -0.2) is 57.1 Å². The van der Waals surface area contributed by atoms with Crippen LogP contribution in [0, 0.1) is 0 Å². The van der Waals surface area contributed by atoms with E-state index in [4.69, 9.17) is 16.3 Å². The zero-order valence-corrected chi connectivity index (χ0v) is 25.5. The number of carbonyl (C=O) groups is 2. The Kier molecular flexibility index (Phi) is 11.6. The normalized spacial score (nSPS) is 12.0. The molecule has 3 rings (SSSR count). The van der Waals surface area contributed by atoms with E-state index in [-0.39, 0.29) is 43.8 Å². The minimum absolute atomic E-state index is 0.0455. The van der Waals surface area contributed by atoms with Crippen LogP contribution in [0.25, 0.3) is 0 Å². The number of nitrogens with zero attached hydrogens (tertiary/aromatic N) is 2. The smallest absolute Gasteiger partial charge is 0.243 e. The van der Waals surface area contributed by atoms with Crippen LogP contribution in [0.5, 0.6) is 5.75 Å². The minimum atomic E-state index is -3.60. The van der Waals surface area contributed by atoms with E-state index in [1.807, 2.05) is 68.4 Å². The molecule has 0 radical (unpaired) electrons. The van der Waals surface area contributed by atoms with E-state index in [2.05, 4.69) is 5.32 Å². The van der Waals surface area contributed by atoms with E-state index in [0.29, 0.717) is 22.9 Å². The van der Waals surface area contributed by atoms with Crippen molar-refractivity contribution in [1.82, 2.24) is 10.2 Å². The maximum atomic E-state index is 13.9. The van der Waals surface area contributed by atoms with Gasteiger partial charge in [0.25, 0.3) is 0 Å². The van der Waals surface area contributed by atoms with Gasteiger partial charge in [-0.1, -0.05) is 54.1 Å². The first-order chi connectivity index (χ1) is 19.5. The van der Waals surface area contributed by atoms with Crippen LogP contribution >= 0.6 is 11.6 Å². The first-order valence-corrected chi connectivity index (χ1v) is 15.7. The number of methoxy groups -OCH3 is 1. The summed E-state index contributed by atoms with van der Waals surface area (Å²) >= 11 is 5.98. The molecule has 41 heavy (non-hydrogen) atoms. The number of rotatable bonds is 14. The topological polar surface area (TPSA) is 96.0 Å². The van der Waals surface area contributed by atoms with Crippen molar-refractivity contribution >= 4 is 39.1 Å². The molecule has 0 heterocycles. The summed E-state index contributed by atoms with van der Waals surface area (Å²) in [7, 11) is -2.03. The highest BCUT2D eigenvalue weighted by atomic mass is 35.5. The van der Waals surface area contributed by atoms with Gasteiger partial charge in [-0.3, -0.25) is 13.9 Å². The van der Waals surface area contributed by atoms with Crippen molar-refractivity contribution in [3.05, 3.63) is 95.0 Å². The van der Waals surface area contributed by atoms with Crippen molar-refractivity contribution in [3.8, 4) is 5.75 Å². The number of hydrogen-bond donors (Lipinski definition) is 1. The van der Waals surface area contributed by atoms with Gasteiger partial charge in [0.1, 0.15) is 11.8 Å². The van der Waals surface area contributed by atoms with Crippen LogP contribution in [0.2, 0.25) is 5.02 Å². The molecule has 2 amide bonds. The third-order valence-electron chi connectivity index (χ3n) is 6.46. The first-order valence-electron chi connectivity index (χ1n) is 13.5. The van der Waals surface area contributed by atoms with Crippen LogP contribution in [0.3, 0.4) is 0 Å². The van der Waals surface area contributed by atoms with E-state index in [0.717, 1.165) is 17.4 Å². The zero-order valence-electron chi connectivity index (χ0n) is 23.9. The molecule has 1 N–H and O–H groups in total. The second-order valence-corrected chi connectivity index (χ2v) is 12.5. The summed E-state index contributed by atoms with van der Waals surface area (Å²) in [4.78, 5) is 29.0. The van der Waals surface area contributed by atoms with Crippen LogP contribution in [0.15, 0.2) is 78.9 Å². The summed E-state index contributed by atoms with van der Waals surface area (Å²) in [5, 5.41) is 3.47. The molecule has 220 valence electrons. The minimum Gasteiger partial charge on any atom is -0.497 e. The number of halogens is 1. The van der Waals surface area contributed by atoms with Crippen molar-refractivity contribution in [1.29, 1.82) is 0 Å². The molecule has 0 spiro atoms. The zero-order chi connectivity index (χ0) is 30.0. The lowest BCUT2D eigenvalue weighted by molar-refractivity contribution is -0.141. The molecule has 1 atom stereocenters. The molecule has 0 aromatic heterocycles. The van der Waals surface area contributed by atoms with Gasteiger partial charge in [-0.25, -0.2) is 8.42 Å². The highest BCUT2D eigenvalue weighted by Gasteiger charge is 2.31. The lowest BCUT2D eigenvalue weighted by Crippen LogP contribution is -2.51. The van der Waals surface area contributed by atoms with Gasteiger partial charge in [0, 0.05) is 37.0 Å². The van der Waals surface area contributed by atoms with Crippen molar-refractivity contribution in [2.75, 3.05) is 24.2 Å². The molecule has 8 nitrogen and oxygen atoms in total. The summed E-state index contributed by atoms with van der Waals surface area (Å²) in [6.45, 7) is 4.04. The Balaban J connectivity index is 1.89. The Labute approximate surface area is 248 Å². The Morgan fingerprint density at radius 2 is 1.61 bits per heavy atom. The molecule has 0 aliphatic heterocycles. The van der Waals surface area contributed by atoms with Crippen LogP contribution in [-0.2, 0) is 32.6 Å². The first kappa shape index (κ1) is 32.0. The number of amides is 2. The Morgan fingerprint density at radius 3 is 2.22 bits per heavy atom. The molecule has 0 aliphatic rings. The molecule has 3 aromatic carbocycles. The van der Waals surface area contributed by atoms with E-state index >= 15 is 0 Å². The molecular weight excluding hydrogens is 562 g/mol. The largest absolute Gasteiger partial charge is 0.497 e. The fourth-order valence-electron chi connectivity index (χ4n) is 4.51. The van der Waals surface area contributed by atoms with Gasteiger partial charge in [-0.05, 0) is 67.8 Å². The van der Waals surface area contributed by atoms with Crippen molar-refractivity contribution in [2.24, 2.45) is 0 Å². The van der Waals surface area contributed by atoms with E-state index in [9.17, 15) is 18.0 Å². The molecule has 0 saturated carbocycles. The fraction of sp³-hybridized carbons (Fsp3) is 0.355. The van der Waals surface area contributed by atoms with Crippen LogP contribution in [0.1, 0.15) is 37.8 Å². The quantitative estimate of drug-likeness (QED) is 0.279. The second-order valence-electron chi connectivity index (χ2n) is 10.2. The van der Waals surface area contributed by atoms with Crippen LogP contribution < -0.4 is 14.4 Å². The number of ether oxygens (including phenoxy) is 1. The van der Waals surface area contributed by atoms with Crippen LogP contribution in [0.4, 0.5) is 5.69 Å². The molecular formula is C31H38ClN3O5S. The summed E-state index contributed by atoms with van der Waals surface area (Å²) in [5.41, 5.74) is 2.20. The number of hydrogen-bond acceptors (Lipinski definition) is 5. The molecule has 0 bridgehead atoms. The van der Waals surface area contributed by atoms with Crippen molar-refractivity contribution in [3.63, 3.8) is 0 Å². The molecule has 0 aliphatic carbocycles. The van der Waals surface area contributed by atoms with Gasteiger partial charge in [0.15, 0.2) is 0 Å². The van der Waals surface area contributed by atoms with Crippen molar-refractivity contribution in [2.45, 2.75) is 51.7 Å². The summed E-state index contributed by atoms with van der Waals surface area (Å²) < 4.78 is 31.8. The molecule has 0 saturated heterocycles. The highest BCUT2D eigenvalue weighted by molar-refractivity contribution is 7.92. The Morgan fingerprint density at radius 1 is 0.951 bits per heavy atom. The maximum Gasteiger partial charge on any atom is 0.243 e. The molecule has 0 fully saturated rings. The van der Waals surface area contributed by atoms with Gasteiger partial charge in [0.05, 0.1) is 19.1 Å². The monoisotopic (exact) mass is 599 g/mol. The third-order valence-corrected chi connectivity index (χ3v) is 7.90. The third kappa shape index (κ3) is 9.79. The average molecular weight is 600 g/mol. The number of carbonyl (C=O) groups excluding carboxylic acids is 2. The Bertz CT molecular complexity index is 1400. The molecule has 3 aromatic rings. The summed E-state index contributed by atoms with van der Waals surface area (Å²) in [6.07, 6.45) is 1.76. The van der Waals surface area contributed by atoms with Gasteiger partial charge < -0.3 is 15.0 Å². The summed E-state index contributed by atoms with van der Waals surface area (Å²) in [5.74, 6) is 0.143. The number of nitrogens with one attached hydrogen (secondary N) is 1. The number of benzene rings is 3. The molecule has 0 unspecified atom stereocenters. The van der Waals surface area contributed by atoms with E-state index < -0.39 is 16.1 Å². The SMILES string of the molecule is COc1cccc(CN(C(=O)CCCN(c2ccc(Cl)cc2)S(C)(=O)=O)[C@H](Cc2ccccc2)C(=O)NC(C)C)c1. The van der Waals surface area contributed by atoms with Gasteiger partial charge in [-0.15, -0.1) is 0 Å².